The van der Waals surface area contributed by atoms with Gasteiger partial charge < -0.3 is 15.7 Å². The Bertz CT molecular complexity index is 725. The average molecular weight is 346 g/mol. The van der Waals surface area contributed by atoms with Crippen LogP contribution in [0, 0.1) is 11.3 Å². The Kier molecular flexibility index (Phi) is 5.81. The van der Waals surface area contributed by atoms with E-state index < -0.39 is 5.91 Å². The first-order valence-electron chi connectivity index (χ1n) is 6.93. The molecule has 1 aliphatic heterocycles. The molecule has 0 saturated carbocycles. The summed E-state index contributed by atoms with van der Waals surface area (Å²) in [6.45, 7) is 0.369. The number of anilines is 1. The molecule has 1 heterocycles. The van der Waals surface area contributed by atoms with Gasteiger partial charge in [0.15, 0.2) is 0 Å². The molecule has 1 aromatic rings. The molecule has 9 heteroatoms. The van der Waals surface area contributed by atoms with Crippen molar-refractivity contribution in [1.29, 1.82) is 5.26 Å². The van der Waals surface area contributed by atoms with Gasteiger partial charge in [-0.2, -0.15) is 5.26 Å². The number of nitrogens with one attached hydrogen (secondary N) is 2. The zero-order chi connectivity index (χ0) is 17.5. The van der Waals surface area contributed by atoms with Crippen LogP contribution < -0.4 is 10.6 Å². The van der Waals surface area contributed by atoms with Crippen LogP contribution in [0.3, 0.4) is 0 Å². The summed E-state index contributed by atoms with van der Waals surface area (Å²) in [7, 11) is 0. The number of aromatic hydroxyl groups is 1. The fourth-order valence-electron chi connectivity index (χ4n) is 1.87. The summed E-state index contributed by atoms with van der Waals surface area (Å²) in [5.41, 5.74) is -0.0133. The molecule has 8 nitrogen and oxygen atoms in total. The van der Waals surface area contributed by atoms with E-state index in [2.05, 4.69) is 10.6 Å². The van der Waals surface area contributed by atoms with Crippen molar-refractivity contribution < 1.29 is 19.5 Å². The van der Waals surface area contributed by atoms with Gasteiger partial charge in [-0.1, -0.05) is 23.9 Å². The SMILES string of the molecule is N#C/C(=C/NCCN1C(=O)CSC1=O)C(=O)Nc1ccccc1O. The smallest absolute Gasteiger partial charge is 0.288 e. The second kappa shape index (κ2) is 8.03. The van der Waals surface area contributed by atoms with Crippen LogP contribution in [0.15, 0.2) is 36.0 Å². The predicted octanol–water partition coefficient (Wildman–Crippen LogP) is 1.02. The molecule has 1 fully saturated rings. The molecule has 1 aromatic carbocycles. The van der Waals surface area contributed by atoms with E-state index in [0.29, 0.717) is 0 Å². The molecule has 0 atom stereocenters. The van der Waals surface area contributed by atoms with E-state index in [4.69, 9.17) is 5.26 Å². The Morgan fingerprint density at radius 3 is 2.79 bits per heavy atom. The van der Waals surface area contributed by atoms with Crippen molar-refractivity contribution in [1.82, 2.24) is 10.2 Å². The second-order valence-corrected chi connectivity index (χ2v) is 5.62. The van der Waals surface area contributed by atoms with Crippen LogP contribution in [0.25, 0.3) is 0 Å². The number of nitrogens with zero attached hydrogens (tertiary/aromatic N) is 2. The highest BCUT2D eigenvalue weighted by molar-refractivity contribution is 8.14. The van der Waals surface area contributed by atoms with Gasteiger partial charge in [-0.3, -0.25) is 19.3 Å². The third-order valence-electron chi connectivity index (χ3n) is 3.08. The number of hydrogen-bond acceptors (Lipinski definition) is 7. The molecule has 0 aliphatic carbocycles. The normalized spacial score (nSPS) is 14.5. The molecule has 1 saturated heterocycles. The highest BCUT2D eigenvalue weighted by Crippen LogP contribution is 2.22. The van der Waals surface area contributed by atoms with Crippen molar-refractivity contribution >= 4 is 34.5 Å². The minimum absolute atomic E-state index is 0.111. The van der Waals surface area contributed by atoms with Gasteiger partial charge >= 0.3 is 0 Å². The Labute approximate surface area is 142 Å². The van der Waals surface area contributed by atoms with E-state index in [1.165, 1.54) is 18.3 Å². The lowest BCUT2D eigenvalue weighted by Crippen LogP contribution is -2.34. The van der Waals surface area contributed by atoms with Crippen molar-refractivity contribution in [2.45, 2.75) is 0 Å². The first-order valence-corrected chi connectivity index (χ1v) is 7.91. The predicted molar refractivity (Wildman–Crippen MR) is 88.0 cm³/mol. The van der Waals surface area contributed by atoms with Gasteiger partial charge in [0.1, 0.15) is 17.4 Å². The van der Waals surface area contributed by atoms with Crippen molar-refractivity contribution in [2.75, 3.05) is 24.2 Å². The summed E-state index contributed by atoms with van der Waals surface area (Å²) in [4.78, 5) is 35.9. The molecule has 24 heavy (non-hydrogen) atoms. The van der Waals surface area contributed by atoms with Crippen LogP contribution in [0.1, 0.15) is 0 Å². The van der Waals surface area contributed by atoms with E-state index in [9.17, 15) is 19.5 Å². The molecule has 1 aliphatic rings. The highest BCUT2D eigenvalue weighted by atomic mass is 32.2. The molecule has 0 spiro atoms. The van der Waals surface area contributed by atoms with E-state index in [1.54, 1.807) is 18.2 Å². The lowest BCUT2D eigenvalue weighted by molar-refractivity contribution is -0.124. The van der Waals surface area contributed by atoms with Gasteiger partial charge in [0.2, 0.25) is 5.91 Å². The second-order valence-electron chi connectivity index (χ2n) is 4.70. The number of benzene rings is 1. The minimum atomic E-state index is -0.685. The number of hydrogen-bond donors (Lipinski definition) is 3. The van der Waals surface area contributed by atoms with Crippen LogP contribution in [0.2, 0.25) is 0 Å². The highest BCUT2D eigenvalue weighted by Gasteiger charge is 2.28. The van der Waals surface area contributed by atoms with Gasteiger partial charge in [0, 0.05) is 19.3 Å². The zero-order valence-corrected chi connectivity index (χ0v) is 13.3. The molecule has 3 amide bonds. The van der Waals surface area contributed by atoms with Gasteiger partial charge in [-0.25, -0.2) is 0 Å². The van der Waals surface area contributed by atoms with Gasteiger partial charge in [0.25, 0.3) is 11.1 Å². The molecular formula is C15H14N4O4S. The van der Waals surface area contributed by atoms with E-state index >= 15 is 0 Å². The molecule has 0 radical (unpaired) electrons. The molecule has 124 valence electrons. The summed E-state index contributed by atoms with van der Waals surface area (Å²) in [5, 5.41) is 23.5. The Hall–Kier alpha value is -2.99. The number of rotatable bonds is 6. The molecule has 2 rings (SSSR count). The van der Waals surface area contributed by atoms with Crippen LogP contribution in [-0.4, -0.2) is 45.9 Å². The fraction of sp³-hybridized carbons (Fsp3) is 0.200. The first-order chi connectivity index (χ1) is 11.5. The Morgan fingerprint density at radius 2 is 2.17 bits per heavy atom. The number of amides is 3. The largest absolute Gasteiger partial charge is 0.506 e. The van der Waals surface area contributed by atoms with Crippen molar-refractivity contribution in [3.8, 4) is 11.8 Å². The molecular weight excluding hydrogens is 332 g/mol. The van der Waals surface area contributed by atoms with Crippen LogP contribution in [0.5, 0.6) is 5.75 Å². The quantitative estimate of drug-likeness (QED) is 0.304. The number of carbonyl (C=O) groups excluding carboxylic acids is 3. The topological polar surface area (TPSA) is 123 Å². The lowest BCUT2D eigenvalue weighted by atomic mass is 10.2. The molecule has 0 aromatic heterocycles. The number of phenols is 1. The zero-order valence-electron chi connectivity index (χ0n) is 12.5. The van der Waals surface area contributed by atoms with Crippen molar-refractivity contribution in [3.63, 3.8) is 0 Å². The van der Waals surface area contributed by atoms with Crippen molar-refractivity contribution in [2.24, 2.45) is 0 Å². The van der Waals surface area contributed by atoms with E-state index in [1.807, 2.05) is 0 Å². The molecule has 0 bridgehead atoms. The van der Waals surface area contributed by atoms with Gasteiger partial charge in [-0.05, 0) is 12.1 Å². The van der Waals surface area contributed by atoms with E-state index in [-0.39, 0.29) is 47.0 Å². The Morgan fingerprint density at radius 1 is 1.42 bits per heavy atom. The lowest BCUT2D eigenvalue weighted by Gasteiger charge is -2.12. The van der Waals surface area contributed by atoms with E-state index in [0.717, 1.165) is 16.7 Å². The first kappa shape index (κ1) is 17.4. The monoisotopic (exact) mass is 346 g/mol. The minimum Gasteiger partial charge on any atom is -0.506 e. The van der Waals surface area contributed by atoms with Gasteiger partial charge in [0.05, 0.1) is 11.4 Å². The number of nitriles is 1. The fourth-order valence-corrected chi connectivity index (χ4v) is 2.62. The van der Waals surface area contributed by atoms with Crippen molar-refractivity contribution in [3.05, 3.63) is 36.0 Å². The number of thioether (sulfide) groups is 1. The summed E-state index contributed by atoms with van der Waals surface area (Å²) < 4.78 is 0. The van der Waals surface area contributed by atoms with Crippen LogP contribution >= 0.6 is 11.8 Å². The molecule has 3 N–H and O–H groups in total. The Balaban J connectivity index is 1.88. The maximum Gasteiger partial charge on any atom is 0.288 e. The maximum absolute atomic E-state index is 12.0. The third-order valence-corrected chi connectivity index (χ3v) is 3.94. The molecule has 0 unspecified atom stereocenters. The standard InChI is InChI=1S/C15H14N4O4S/c16-7-10(14(22)18-11-3-1-2-4-12(11)20)8-17-5-6-19-13(21)9-24-15(19)23/h1-4,8,17,20H,5-6,9H2,(H,18,22)/b10-8-. The summed E-state index contributed by atoms with van der Waals surface area (Å²) in [6.07, 6.45) is 1.20. The number of carbonyl (C=O) groups is 3. The average Bonchev–Trinajstić information content (AvgIpc) is 2.88. The van der Waals surface area contributed by atoms with Crippen LogP contribution in [-0.2, 0) is 9.59 Å². The summed E-state index contributed by atoms with van der Waals surface area (Å²) in [6, 6.07) is 7.88. The summed E-state index contributed by atoms with van der Waals surface area (Å²) in [5.74, 6) is -0.912. The number of phenolic OH excluding ortho intramolecular Hbond substituents is 1. The number of para-hydroxylation sites is 2. The third kappa shape index (κ3) is 4.27. The number of imide groups is 1. The van der Waals surface area contributed by atoms with Crippen LogP contribution in [0.4, 0.5) is 10.5 Å². The maximum atomic E-state index is 12.0. The summed E-state index contributed by atoms with van der Waals surface area (Å²) >= 11 is 0.944. The van der Waals surface area contributed by atoms with Gasteiger partial charge in [-0.15, -0.1) is 0 Å².